The van der Waals surface area contributed by atoms with Gasteiger partial charge in [-0.1, -0.05) is 13.0 Å². The molecule has 3 N–H and O–H groups in total. The molecule has 0 aromatic heterocycles. The summed E-state index contributed by atoms with van der Waals surface area (Å²) in [5, 5.41) is 3.07. The van der Waals surface area contributed by atoms with Gasteiger partial charge in [-0.25, -0.2) is 0 Å². The highest BCUT2D eigenvalue weighted by Gasteiger charge is 2.24. The van der Waals surface area contributed by atoms with Crippen LogP contribution >= 0.6 is 0 Å². The Bertz CT molecular complexity index is 482. The Kier molecular flexibility index (Phi) is 3.69. The van der Waals surface area contributed by atoms with Crippen LogP contribution < -0.4 is 16.0 Å². The number of nitrogens with zero attached hydrogens (tertiary/aromatic N) is 1. The molecule has 0 atom stereocenters. The number of hydrogen-bond donors (Lipinski definition) is 2. The van der Waals surface area contributed by atoms with Crippen molar-refractivity contribution >= 4 is 17.3 Å². The number of nitrogens with one attached hydrogen (secondary N) is 1. The number of amides is 1. The summed E-state index contributed by atoms with van der Waals surface area (Å²) in [5.74, 6) is 0.0714. The van der Waals surface area contributed by atoms with Crippen molar-refractivity contribution in [3.05, 3.63) is 23.8 Å². The molecule has 0 saturated heterocycles. The molecule has 0 fully saturated rings. The topological polar surface area (TPSA) is 58.4 Å². The first-order valence-corrected chi connectivity index (χ1v) is 6.86. The van der Waals surface area contributed by atoms with E-state index in [1.807, 2.05) is 32.0 Å². The molecule has 104 valence electrons. The molecule has 0 aliphatic carbocycles. The van der Waals surface area contributed by atoms with E-state index in [1.54, 1.807) is 0 Å². The molecule has 19 heavy (non-hydrogen) atoms. The largest absolute Gasteiger partial charge is 0.398 e. The zero-order chi connectivity index (χ0) is 14.0. The van der Waals surface area contributed by atoms with E-state index in [-0.39, 0.29) is 11.4 Å². The van der Waals surface area contributed by atoms with Gasteiger partial charge in [0, 0.05) is 29.0 Å². The number of rotatable bonds is 4. The maximum Gasteiger partial charge on any atom is 0.239 e. The van der Waals surface area contributed by atoms with Gasteiger partial charge in [0.25, 0.3) is 0 Å². The summed E-state index contributed by atoms with van der Waals surface area (Å²) >= 11 is 0. The van der Waals surface area contributed by atoms with E-state index in [0.717, 1.165) is 30.8 Å². The maximum atomic E-state index is 12.1. The molecule has 0 bridgehead atoms. The number of fused-ring (bicyclic) bond motifs is 1. The third kappa shape index (κ3) is 3.00. The first-order chi connectivity index (χ1) is 8.93. The molecule has 1 heterocycles. The van der Waals surface area contributed by atoms with Crippen LogP contribution in [-0.4, -0.2) is 24.5 Å². The van der Waals surface area contributed by atoms with Gasteiger partial charge in [-0.05, 0) is 38.8 Å². The van der Waals surface area contributed by atoms with Crippen LogP contribution in [0.1, 0.15) is 32.8 Å². The lowest BCUT2D eigenvalue weighted by molar-refractivity contribution is -0.121. The van der Waals surface area contributed by atoms with Crippen molar-refractivity contribution in [2.45, 2.75) is 39.2 Å². The van der Waals surface area contributed by atoms with E-state index in [4.69, 9.17) is 5.73 Å². The van der Waals surface area contributed by atoms with Crippen LogP contribution in [0.4, 0.5) is 11.4 Å². The van der Waals surface area contributed by atoms with Gasteiger partial charge in [0.15, 0.2) is 0 Å². The Morgan fingerprint density at radius 2 is 2.21 bits per heavy atom. The number of carbonyl (C=O) groups excluding carboxylic acids is 1. The van der Waals surface area contributed by atoms with Gasteiger partial charge in [0.05, 0.1) is 6.54 Å². The number of carbonyl (C=O) groups is 1. The molecule has 1 aromatic carbocycles. The van der Waals surface area contributed by atoms with E-state index in [1.165, 1.54) is 5.56 Å². The Balaban J connectivity index is 2.04. The normalized spacial score (nSPS) is 14.4. The highest BCUT2D eigenvalue weighted by Crippen LogP contribution is 2.31. The number of benzene rings is 1. The number of nitrogen functional groups attached to an aromatic ring is 1. The van der Waals surface area contributed by atoms with Crippen molar-refractivity contribution in [1.29, 1.82) is 0 Å². The zero-order valence-electron chi connectivity index (χ0n) is 12.0. The second-order valence-electron chi connectivity index (χ2n) is 5.80. The summed E-state index contributed by atoms with van der Waals surface area (Å²) in [6.45, 7) is 7.43. The van der Waals surface area contributed by atoms with Crippen molar-refractivity contribution in [2.24, 2.45) is 0 Å². The van der Waals surface area contributed by atoms with Gasteiger partial charge in [-0.3, -0.25) is 4.79 Å². The zero-order valence-corrected chi connectivity index (χ0v) is 12.0. The fourth-order valence-corrected chi connectivity index (χ4v) is 2.37. The van der Waals surface area contributed by atoms with Gasteiger partial charge in [0.1, 0.15) is 0 Å². The van der Waals surface area contributed by atoms with Crippen molar-refractivity contribution in [3.8, 4) is 0 Å². The van der Waals surface area contributed by atoms with Gasteiger partial charge < -0.3 is 16.0 Å². The third-order valence-corrected chi connectivity index (χ3v) is 3.86. The molecule has 1 amide bonds. The predicted molar refractivity (Wildman–Crippen MR) is 79.3 cm³/mol. The average Bonchev–Trinajstić information content (AvgIpc) is 2.73. The minimum Gasteiger partial charge on any atom is -0.398 e. The first kappa shape index (κ1) is 13.7. The second kappa shape index (κ2) is 5.11. The highest BCUT2D eigenvalue weighted by molar-refractivity contribution is 5.83. The van der Waals surface area contributed by atoms with Crippen molar-refractivity contribution in [3.63, 3.8) is 0 Å². The van der Waals surface area contributed by atoms with E-state index < -0.39 is 0 Å². The van der Waals surface area contributed by atoms with Gasteiger partial charge in [-0.2, -0.15) is 0 Å². The van der Waals surface area contributed by atoms with E-state index >= 15 is 0 Å². The Morgan fingerprint density at radius 1 is 1.47 bits per heavy atom. The molecule has 0 unspecified atom stereocenters. The number of nitrogens with two attached hydrogens (primary N) is 1. The van der Waals surface area contributed by atoms with Crippen molar-refractivity contribution in [1.82, 2.24) is 5.32 Å². The van der Waals surface area contributed by atoms with Crippen LogP contribution in [0.3, 0.4) is 0 Å². The Morgan fingerprint density at radius 3 is 2.89 bits per heavy atom. The molecule has 2 rings (SSSR count). The summed E-state index contributed by atoms with van der Waals surface area (Å²) in [6.07, 6.45) is 1.84. The molecule has 1 aliphatic heterocycles. The SMILES string of the molecule is CCC(C)(C)NC(=O)CN1CCc2c(N)cccc21. The molecule has 0 saturated carbocycles. The Hall–Kier alpha value is -1.71. The molecular weight excluding hydrogens is 238 g/mol. The number of hydrogen-bond acceptors (Lipinski definition) is 3. The van der Waals surface area contributed by atoms with Crippen LogP contribution in [0, 0.1) is 0 Å². The first-order valence-electron chi connectivity index (χ1n) is 6.86. The lowest BCUT2D eigenvalue weighted by Crippen LogP contribution is -2.47. The lowest BCUT2D eigenvalue weighted by atomic mass is 10.0. The third-order valence-electron chi connectivity index (χ3n) is 3.86. The summed E-state index contributed by atoms with van der Waals surface area (Å²) in [4.78, 5) is 14.2. The number of anilines is 2. The van der Waals surface area contributed by atoms with Gasteiger partial charge in [-0.15, -0.1) is 0 Å². The van der Waals surface area contributed by atoms with Crippen LogP contribution in [-0.2, 0) is 11.2 Å². The second-order valence-corrected chi connectivity index (χ2v) is 5.80. The molecule has 4 nitrogen and oxygen atoms in total. The fraction of sp³-hybridized carbons (Fsp3) is 0.533. The van der Waals surface area contributed by atoms with Crippen LogP contribution in [0.25, 0.3) is 0 Å². The predicted octanol–water partition coefficient (Wildman–Crippen LogP) is 1.94. The molecule has 1 aromatic rings. The van der Waals surface area contributed by atoms with Crippen LogP contribution in [0.2, 0.25) is 0 Å². The Labute approximate surface area is 115 Å². The molecular formula is C15H23N3O. The van der Waals surface area contributed by atoms with E-state index in [2.05, 4.69) is 17.1 Å². The maximum absolute atomic E-state index is 12.1. The standard InChI is InChI=1S/C15H23N3O/c1-4-15(2,3)17-14(19)10-18-9-8-11-12(16)6-5-7-13(11)18/h5-7H,4,8-10,16H2,1-3H3,(H,17,19). The van der Waals surface area contributed by atoms with Crippen molar-refractivity contribution < 1.29 is 4.79 Å². The highest BCUT2D eigenvalue weighted by atomic mass is 16.2. The molecule has 4 heteroatoms. The molecule has 0 spiro atoms. The summed E-state index contributed by atoms with van der Waals surface area (Å²) in [7, 11) is 0. The summed E-state index contributed by atoms with van der Waals surface area (Å²) in [6, 6.07) is 5.90. The summed E-state index contributed by atoms with van der Waals surface area (Å²) < 4.78 is 0. The van der Waals surface area contributed by atoms with Gasteiger partial charge >= 0.3 is 0 Å². The minimum atomic E-state index is -0.143. The smallest absolute Gasteiger partial charge is 0.239 e. The lowest BCUT2D eigenvalue weighted by Gasteiger charge is -2.27. The quantitative estimate of drug-likeness (QED) is 0.814. The summed E-state index contributed by atoms with van der Waals surface area (Å²) in [5.41, 5.74) is 8.92. The van der Waals surface area contributed by atoms with E-state index in [0.29, 0.717) is 6.54 Å². The van der Waals surface area contributed by atoms with E-state index in [9.17, 15) is 4.79 Å². The molecule has 0 radical (unpaired) electrons. The fourth-order valence-electron chi connectivity index (χ4n) is 2.37. The van der Waals surface area contributed by atoms with Gasteiger partial charge in [0.2, 0.25) is 5.91 Å². The average molecular weight is 261 g/mol. The van der Waals surface area contributed by atoms with Crippen molar-refractivity contribution in [2.75, 3.05) is 23.7 Å². The van der Waals surface area contributed by atoms with Crippen LogP contribution in [0.15, 0.2) is 18.2 Å². The molecule has 1 aliphatic rings. The minimum absolute atomic E-state index is 0.0714. The van der Waals surface area contributed by atoms with Crippen LogP contribution in [0.5, 0.6) is 0 Å². The monoisotopic (exact) mass is 261 g/mol.